The number of nitrogens with one attached hydrogen (secondary N) is 1. The highest BCUT2D eigenvalue weighted by atomic mass is 32.1. The van der Waals surface area contributed by atoms with Gasteiger partial charge in [-0.05, 0) is 31.5 Å². The first-order chi connectivity index (χ1) is 13.0. The third-order valence-electron chi connectivity index (χ3n) is 4.64. The third-order valence-corrected chi connectivity index (χ3v) is 5.76. The second-order valence-electron chi connectivity index (χ2n) is 6.36. The average Bonchev–Trinajstić information content (AvgIpc) is 2.95. The molecule has 0 unspecified atom stereocenters. The summed E-state index contributed by atoms with van der Waals surface area (Å²) in [6.07, 6.45) is 3.11. The first-order valence-corrected chi connectivity index (χ1v) is 9.27. The van der Waals surface area contributed by atoms with Gasteiger partial charge in [-0.2, -0.15) is 0 Å². The van der Waals surface area contributed by atoms with E-state index in [9.17, 15) is 14.4 Å². The van der Waals surface area contributed by atoms with Crippen LogP contribution in [0.1, 0.15) is 16.9 Å². The van der Waals surface area contributed by atoms with E-state index in [-0.39, 0.29) is 36.9 Å². The van der Waals surface area contributed by atoms with Gasteiger partial charge in [-0.25, -0.2) is 9.97 Å². The van der Waals surface area contributed by atoms with Crippen molar-refractivity contribution in [3.8, 4) is 0 Å². The lowest BCUT2D eigenvalue weighted by molar-refractivity contribution is -0.122. The second-order valence-corrected chi connectivity index (χ2v) is 7.56. The summed E-state index contributed by atoms with van der Waals surface area (Å²) in [5.41, 5.74) is 1.29. The smallest absolute Gasteiger partial charge is 0.262 e. The molecule has 3 aromatic rings. The van der Waals surface area contributed by atoms with Gasteiger partial charge in [0.1, 0.15) is 11.4 Å². The van der Waals surface area contributed by atoms with E-state index in [1.54, 1.807) is 18.3 Å². The molecule has 0 fully saturated rings. The molecule has 0 spiro atoms. The normalized spacial score (nSPS) is 13.6. The molecule has 8 nitrogen and oxygen atoms in total. The van der Waals surface area contributed by atoms with Gasteiger partial charge in [-0.1, -0.05) is 0 Å². The Labute approximate surface area is 158 Å². The lowest BCUT2D eigenvalue weighted by atomic mass is 10.2. The van der Waals surface area contributed by atoms with Crippen LogP contribution in [0.3, 0.4) is 0 Å². The molecule has 0 bridgehead atoms. The van der Waals surface area contributed by atoms with Crippen molar-refractivity contribution in [1.82, 2.24) is 14.5 Å². The molecule has 0 atom stereocenters. The summed E-state index contributed by atoms with van der Waals surface area (Å²) < 4.78 is 1.45. The number of anilines is 2. The van der Waals surface area contributed by atoms with E-state index in [0.717, 1.165) is 10.4 Å². The maximum Gasteiger partial charge on any atom is 0.262 e. The van der Waals surface area contributed by atoms with Crippen molar-refractivity contribution in [2.45, 2.75) is 26.8 Å². The van der Waals surface area contributed by atoms with E-state index >= 15 is 0 Å². The van der Waals surface area contributed by atoms with E-state index in [0.29, 0.717) is 21.7 Å². The largest absolute Gasteiger partial charge is 0.321 e. The molecule has 2 amide bonds. The molecular weight excluding hydrogens is 366 g/mol. The van der Waals surface area contributed by atoms with E-state index in [4.69, 9.17) is 0 Å². The molecule has 4 rings (SSSR count). The first kappa shape index (κ1) is 17.3. The Bertz CT molecular complexity index is 1130. The molecule has 3 aromatic heterocycles. The van der Waals surface area contributed by atoms with Crippen molar-refractivity contribution in [2.24, 2.45) is 0 Å². The zero-order valence-electron chi connectivity index (χ0n) is 14.9. The quantitative estimate of drug-likeness (QED) is 0.744. The fraction of sp³-hybridized carbons (Fsp3) is 0.278. The number of thiophene rings is 1. The van der Waals surface area contributed by atoms with Crippen LogP contribution in [0.4, 0.5) is 11.5 Å². The molecule has 1 N–H and O–H groups in total. The van der Waals surface area contributed by atoms with Crippen molar-refractivity contribution in [2.75, 3.05) is 16.8 Å². The summed E-state index contributed by atoms with van der Waals surface area (Å²) in [5, 5.41) is 3.31. The number of nitrogens with zero attached hydrogens (tertiary/aromatic N) is 4. The van der Waals surface area contributed by atoms with Gasteiger partial charge < -0.3 is 5.32 Å². The minimum absolute atomic E-state index is 0.0680. The topological polar surface area (TPSA) is 97.2 Å². The van der Waals surface area contributed by atoms with E-state index in [2.05, 4.69) is 15.3 Å². The van der Waals surface area contributed by atoms with Gasteiger partial charge in [0.15, 0.2) is 5.82 Å². The van der Waals surface area contributed by atoms with Gasteiger partial charge in [0.05, 0.1) is 17.4 Å². The summed E-state index contributed by atoms with van der Waals surface area (Å²) in [6, 6.07) is 3.39. The molecule has 0 radical (unpaired) electrons. The molecule has 9 heteroatoms. The first-order valence-electron chi connectivity index (χ1n) is 8.46. The standard InChI is InChI=1S/C18H17N5O3S/c1-10-11(2)27-17-15(10)18(26)22(9-20-17)7-5-14(25)23-8-13(24)21-12-4-3-6-19-16(12)23/h3-4,6,9H,5,7-8H2,1-2H3,(H,21,24). The zero-order valence-corrected chi connectivity index (χ0v) is 15.7. The van der Waals surface area contributed by atoms with Crippen LogP contribution in [-0.2, 0) is 16.1 Å². The van der Waals surface area contributed by atoms with Crippen LogP contribution in [0, 0.1) is 13.8 Å². The number of carbonyl (C=O) groups is 2. The van der Waals surface area contributed by atoms with Gasteiger partial charge >= 0.3 is 0 Å². The lowest BCUT2D eigenvalue weighted by Crippen LogP contribution is -2.43. The summed E-state index contributed by atoms with van der Waals surface area (Å²) in [7, 11) is 0. The highest BCUT2D eigenvalue weighted by molar-refractivity contribution is 7.18. The van der Waals surface area contributed by atoms with Crippen LogP contribution in [-0.4, -0.2) is 32.9 Å². The van der Waals surface area contributed by atoms with Gasteiger partial charge in [0.25, 0.3) is 5.56 Å². The average molecular weight is 383 g/mol. The SMILES string of the molecule is Cc1sc2ncn(CCC(=O)N3CC(=O)Nc4cccnc43)c(=O)c2c1C. The highest BCUT2D eigenvalue weighted by Gasteiger charge is 2.27. The molecule has 27 heavy (non-hydrogen) atoms. The third kappa shape index (κ3) is 2.99. The van der Waals surface area contributed by atoms with Crippen LogP contribution >= 0.6 is 11.3 Å². The molecule has 138 valence electrons. The Hall–Kier alpha value is -3.07. The highest BCUT2D eigenvalue weighted by Crippen LogP contribution is 2.27. The van der Waals surface area contributed by atoms with Crippen molar-refractivity contribution >= 4 is 44.9 Å². The fourth-order valence-corrected chi connectivity index (χ4v) is 4.09. The maximum atomic E-state index is 12.7. The van der Waals surface area contributed by atoms with E-state index < -0.39 is 0 Å². The maximum absolute atomic E-state index is 12.7. The lowest BCUT2D eigenvalue weighted by Gasteiger charge is -2.27. The molecule has 1 aliphatic rings. The summed E-state index contributed by atoms with van der Waals surface area (Å²) >= 11 is 1.49. The number of aryl methyl sites for hydroxylation is 3. The van der Waals surface area contributed by atoms with Crippen molar-refractivity contribution in [3.63, 3.8) is 0 Å². The zero-order chi connectivity index (χ0) is 19.1. The summed E-state index contributed by atoms with van der Waals surface area (Å²) in [4.78, 5) is 48.9. The summed E-state index contributed by atoms with van der Waals surface area (Å²) in [5.74, 6) is -0.115. The second kappa shape index (κ2) is 6.58. The molecule has 0 saturated carbocycles. The molecule has 0 aliphatic carbocycles. The van der Waals surface area contributed by atoms with Gasteiger partial charge in [0.2, 0.25) is 11.8 Å². The van der Waals surface area contributed by atoms with Crippen LogP contribution in [0.2, 0.25) is 0 Å². The molecule has 0 saturated heterocycles. The van der Waals surface area contributed by atoms with Crippen molar-refractivity contribution < 1.29 is 9.59 Å². The number of hydrogen-bond donors (Lipinski definition) is 1. The predicted molar refractivity (Wildman–Crippen MR) is 103 cm³/mol. The van der Waals surface area contributed by atoms with Crippen LogP contribution in [0.25, 0.3) is 10.2 Å². The number of aromatic nitrogens is 3. The molecule has 1 aliphatic heterocycles. The number of fused-ring (bicyclic) bond motifs is 2. The van der Waals surface area contributed by atoms with E-state index in [1.807, 2.05) is 13.8 Å². The van der Waals surface area contributed by atoms with Gasteiger partial charge in [-0.15, -0.1) is 11.3 Å². The van der Waals surface area contributed by atoms with Crippen molar-refractivity contribution in [1.29, 1.82) is 0 Å². The predicted octanol–water partition coefficient (Wildman–Crippen LogP) is 1.85. The molecule has 4 heterocycles. The van der Waals surface area contributed by atoms with Crippen molar-refractivity contribution in [3.05, 3.63) is 45.5 Å². The van der Waals surface area contributed by atoms with Gasteiger partial charge in [-0.3, -0.25) is 23.9 Å². The number of rotatable bonds is 3. The van der Waals surface area contributed by atoms with Crippen LogP contribution in [0.5, 0.6) is 0 Å². The summed E-state index contributed by atoms with van der Waals surface area (Å²) in [6.45, 7) is 3.97. The van der Waals surface area contributed by atoms with Crippen LogP contribution < -0.4 is 15.8 Å². The van der Waals surface area contributed by atoms with Gasteiger partial charge in [0, 0.05) is 24.0 Å². The number of carbonyl (C=O) groups excluding carboxylic acids is 2. The molecular formula is C18H17N5O3S. The minimum atomic E-state index is -0.270. The Kier molecular flexibility index (Phi) is 4.23. The van der Waals surface area contributed by atoms with E-state index in [1.165, 1.54) is 27.1 Å². The number of hydrogen-bond acceptors (Lipinski definition) is 6. The molecule has 0 aromatic carbocycles. The fourth-order valence-electron chi connectivity index (χ4n) is 3.10. The Morgan fingerprint density at radius 2 is 2.11 bits per heavy atom. The minimum Gasteiger partial charge on any atom is -0.321 e. The number of pyridine rings is 1. The Balaban J connectivity index is 1.58. The Morgan fingerprint density at radius 3 is 2.93 bits per heavy atom. The monoisotopic (exact) mass is 383 g/mol. The number of amides is 2. The Morgan fingerprint density at radius 1 is 1.30 bits per heavy atom. The van der Waals surface area contributed by atoms with Crippen LogP contribution in [0.15, 0.2) is 29.5 Å².